The zero-order chi connectivity index (χ0) is 35.6. The zero-order valence-electron chi connectivity index (χ0n) is 29.3. The van der Waals surface area contributed by atoms with Gasteiger partial charge in [0.05, 0.1) is 22.6 Å². The fourth-order valence-electron chi connectivity index (χ4n) is 8.27. The topological polar surface area (TPSA) is 16.1 Å². The van der Waals surface area contributed by atoms with Gasteiger partial charge in [-0.25, -0.2) is 4.98 Å². The van der Waals surface area contributed by atoms with E-state index < -0.39 is 0 Å². The molecular weight excluding hydrogens is 673 g/mol. The fourth-order valence-corrected chi connectivity index (χ4v) is 9.36. The minimum atomic E-state index is 0.966. The largest absolute Gasteiger partial charge is 0.308 e. The number of anilines is 3. The van der Waals surface area contributed by atoms with Gasteiger partial charge in [-0.1, -0.05) is 151 Å². The summed E-state index contributed by atoms with van der Waals surface area (Å²) in [7, 11) is 0. The van der Waals surface area contributed by atoms with Gasteiger partial charge in [0.25, 0.3) is 0 Å². The van der Waals surface area contributed by atoms with E-state index in [1.165, 1.54) is 75.7 Å². The monoisotopic (exact) mass is 704 g/mol. The number of rotatable bonds is 4. The highest BCUT2D eigenvalue weighted by Gasteiger charge is 2.25. The third kappa shape index (κ3) is 5.01. The van der Waals surface area contributed by atoms with Gasteiger partial charge >= 0.3 is 0 Å². The van der Waals surface area contributed by atoms with E-state index in [1.54, 1.807) is 0 Å². The van der Waals surface area contributed by atoms with Crippen LogP contribution in [0.2, 0.25) is 0 Å². The Bertz CT molecular complexity index is 3040. The van der Waals surface area contributed by atoms with Gasteiger partial charge in [0.15, 0.2) is 0 Å². The standard InChI is InChI=1S/C51H32N2S/c1-2-12-33(13-3-1)34-22-26-37(27-23-34)53-48-20-10-11-21-50(48)54-51-31-36(25-29-49(51)53)47-32-44(43-18-8-9-19-46(43)52-47)35-24-28-42-40-16-5-4-14-38(40)39-15-6-7-17-41(39)45(42)30-35/h1-32H. The van der Waals surface area contributed by atoms with E-state index in [0.717, 1.165) is 27.8 Å². The molecule has 0 aliphatic carbocycles. The van der Waals surface area contributed by atoms with Crippen LogP contribution < -0.4 is 4.90 Å². The molecule has 1 aliphatic rings. The van der Waals surface area contributed by atoms with Crippen LogP contribution in [0.4, 0.5) is 17.1 Å². The van der Waals surface area contributed by atoms with Crippen molar-refractivity contribution in [1.29, 1.82) is 0 Å². The molecule has 0 fully saturated rings. The van der Waals surface area contributed by atoms with Crippen molar-refractivity contribution in [3.8, 4) is 33.5 Å². The fraction of sp³-hybridized carbons (Fsp3) is 0. The van der Waals surface area contributed by atoms with Crippen LogP contribution in [0.5, 0.6) is 0 Å². The summed E-state index contributed by atoms with van der Waals surface area (Å²) in [5.41, 5.74) is 11.4. The summed E-state index contributed by atoms with van der Waals surface area (Å²) in [6.07, 6.45) is 0. The van der Waals surface area contributed by atoms with Gasteiger partial charge in [-0.3, -0.25) is 0 Å². The molecule has 0 saturated carbocycles. The highest BCUT2D eigenvalue weighted by atomic mass is 32.2. The summed E-state index contributed by atoms with van der Waals surface area (Å²) in [4.78, 5) is 10.1. The van der Waals surface area contributed by atoms with E-state index >= 15 is 0 Å². The number of pyridine rings is 1. The van der Waals surface area contributed by atoms with Crippen LogP contribution in [0, 0.1) is 0 Å². The number of nitrogens with zero attached hydrogens (tertiary/aromatic N) is 2. The molecule has 54 heavy (non-hydrogen) atoms. The molecule has 11 rings (SSSR count). The molecule has 1 aliphatic heterocycles. The smallest absolute Gasteiger partial charge is 0.0716 e. The highest BCUT2D eigenvalue weighted by Crippen LogP contribution is 2.52. The Hall–Kier alpha value is -6.68. The molecule has 3 heteroatoms. The molecule has 0 spiro atoms. The minimum Gasteiger partial charge on any atom is -0.308 e. The van der Waals surface area contributed by atoms with Crippen LogP contribution in [-0.2, 0) is 0 Å². The molecule has 2 heterocycles. The molecule has 0 bridgehead atoms. The summed E-state index contributed by atoms with van der Waals surface area (Å²) < 4.78 is 0. The predicted octanol–water partition coefficient (Wildman–Crippen LogP) is 14.6. The Morgan fingerprint density at radius 3 is 1.67 bits per heavy atom. The van der Waals surface area contributed by atoms with Gasteiger partial charge in [0.1, 0.15) is 0 Å². The number of para-hydroxylation sites is 2. The van der Waals surface area contributed by atoms with Gasteiger partial charge in [-0.2, -0.15) is 0 Å². The van der Waals surface area contributed by atoms with E-state index in [-0.39, 0.29) is 0 Å². The Morgan fingerprint density at radius 1 is 0.352 bits per heavy atom. The van der Waals surface area contributed by atoms with Gasteiger partial charge in [0, 0.05) is 26.4 Å². The lowest BCUT2D eigenvalue weighted by atomic mass is 9.91. The molecule has 0 radical (unpaired) electrons. The Morgan fingerprint density at radius 2 is 0.907 bits per heavy atom. The second-order valence-corrected chi connectivity index (χ2v) is 15.0. The summed E-state index contributed by atoms with van der Waals surface area (Å²) >= 11 is 1.83. The van der Waals surface area contributed by atoms with E-state index in [1.807, 2.05) is 11.8 Å². The first-order valence-corrected chi connectivity index (χ1v) is 19.2. The lowest BCUT2D eigenvalue weighted by molar-refractivity contribution is 1.16. The quantitative estimate of drug-likeness (QED) is 0.170. The maximum Gasteiger partial charge on any atom is 0.0716 e. The highest BCUT2D eigenvalue weighted by molar-refractivity contribution is 7.99. The average Bonchev–Trinajstić information content (AvgIpc) is 3.25. The van der Waals surface area contributed by atoms with Crippen LogP contribution in [0.15, 0.2) is 204 Å². The summed E-state index contributed by atoms with van der Waals surface area (Å²) in [5.74, 6) is 0. The van der Waals surface area contributed by atoms with E-state index in [4.69, 9.17) is 4.98 Å². The molecule has 0 N–H and O–H groups in total. The molecule has 9 aromatic carbocycles. The Labute approximate surface area is 318 Å². The van der Waals surface area contributed by atoms with Gasteiger partial charge in [-0.05, 0) is 109 Å². The van der Waals surface area contributed by atoms with Crippen molar-refractivity contribution in [2.24, 2.45) is 0 Å². The molecular formula is C51H32N2S. The predicted molar refractivity (Wildman–Crippen MR) is 229 cm³/mol. The maximum atomic E-state index is 5.27. The Balaban J connectivity index is 1.05. The SMILES string of the molecule is c1ccc(-c2ccc(N3c4ccccc4Sc4cc(-c5cc(-c6ccc7c8ccccc8c8ccccc8c7c6)c6ccccc6n5)ccc43)cc2)cc1. The second kappa shape index (κ2) is 12.5. The van der Waals surface area contributed by atoms with Gasteiger partial charge in [0.2, 0.25) is 0 Å². The number of benzene rings is 9. The number of aromatic nitrogens is 1. The first-order valence-electron chi connectivity index (χ1n) is 18.4. The van der Waals surface area contributed by atoms with Crippen molar-refractivity contribution < 1.29 is 0 Å². The van der Waals surface area contributed by atoms with Crippen molar-refractivity contribution in [2.75, 3.05) is 4.90 Å². The minimum absolute atomic E-state index is 0.966. The van der Waals surface area contributed by atoms with Crippen LogP contribution >= 0.6 is 11.8 Å². The number of hydrogen-bond acceptors (Lipinski definition) is 3. The zero-order valence-corrected chi connectivity index (χ0v) is 30.1. The maximum absolute atomic E-state index is 5.27. The first-order chi connectivity index (χ1) is 26.8. The summed E-state index contributed by atoms with van der Waals surface area (Å²) in [6.45, 7) is 0. The third-order valence-corrected chi connectivity index (χ3v) is 11.9. The normalized spacial score (nSPS) is 12.3. The molecule has 1 aromatic heterocycles. The van der Waals surface area contributed by atoms with Crippen molar-refractivity contribution in [1.82, 2.24) is 4.98 Å². The number of fused-ring (bicyclic) bond motifs is 9. The van der Waals surface area contributed by atoms with Crippen molar-refractivity contribution >= 4 is 72.0 Å². The van der Waals surface area contributed by atoms with Crippen LogP contribution in [0.1, 0.15) is 0 Å². The van der Waals surface area contributed by atoms with Crippen molar-refractivity contribution in [3.05, 3.63) is 194 Å². The van der Waals surface area contributed by atoms with Crippen LogP contribution in [0.25, 0.3) is 76.7 Å². The molecule has 2 nitrogen and oxygen atoms in total. The van der Waals surface area contributed by atoms with E-state index in [2.05, 4.69) is 199 Å². The third-order valence-electron chi connectivity index (χ3n) is 10.8. The molecule has 0 atom stereocenters. The Kier molecular flexibility index (Phi) is 7.14. The number of hydrogen-bond donors (Lipinski definition) is 0. The van der Waals surface area contributed by atoms with Gasteiger partial charge in [-0.15, -0.1) is 0 Å². The second-order valence-electron chi connectivity index (χ2n) is 13.9. The van der Waals surface area contributed by atoms with Crippen molar-refractivity contribution in [3.63, 3.8) is 0 Å². The molecule has 252 valence electrons. The van der Waals surface area contributed by atoms with E-state index in [9.17, 15) is 0 Å². The summed E-state index contributed by atoms with van der Waals surface area (Å²) in [5, 5.41) is 8.83. The first kappa shape index (κ1) is 30.9. The van der Waals surface area contributed by atoms with Crippen molar-refractivity contribution in [2.45, 2.75) is 9.79 Å². The molecule has 0 unspecified atom stereocenters. The van der Waals surface area contributed by atoms with Crippen LogP contribution in [-0.4, -0.2) is 4.98 Å². The van der Waals surface area contributed by atoms with Crippen LogP contribution in [0.3, 0.4) is 0 Å². The molecule has 0 amide bonds. The average molecular weight is 705 g/mol. The molecule has 0 saturated heterocycles. The lowest BCUT2D eigenvalue weighted by Gasteiger charge is -2.33. The lowest BCUT2D eigenvalue weighted by Crippen LogP contribution is -2.14. The van der Waals surface area contributed by atoms with E-state index in [0.29, 0.717) is 0 Å². The van der Waals surface area contributed by atoms with Gasteiger partial charge < -0.3 is 4.90 Å². The summed E-state index contributed by atoms with van der Waals surface area (Å²) in [6, 6.07) is 70.4. The molecule has 10 aromatic rings.